The maximum atomic E-state index is 13.4. The van der Waals surface area contributed by atoms with Gasteiger partial charge in [-0.05, 0) is 136 Å². The Morgan fingerprint density at radius 2 is 0.756 bits per heavy atom. The molecule has 4 aromatic carbocycles. The molecule has 16 nitrogen and oxygen atoms in total. The summed E-state index contributed by atoms with van der Waals surface area (Å²) >= 11 is 0. The van der Waals surface area contributed by atoms with E-state index >= 15 is 0 Å². The minimum Gasteiger partial charge on any atom is -0.502 e. The van der Waals surface area contributed by atoms with Crippen LogP contribution in [-0.4, -0.2) is 91.2 Å². The van der Waals surface area contributed by atoms with E-state index in [1.54, 1.807) is 60.7 Å². The third-order valence-corrected chi connectivity index (χ3v) is 12.1. The zero-order chi connectivity index (χ0) is 58.5. The van der Waals surface area contributed by atoms with Gasteiger partial charge in [0, 0.05) is 23.3 Å². The van der Waals surface area contributed by atoms with Crippen LogP contribution in [0.1, 0.15) is 128 Å². The van der Waals surface area contributed by atoms with Crippen molar-refractivity contribution in [1.29, 1.82) is 0 Å². The molecule has 4 aromatic rings. The molecule has 0 fully saturated rings. The lowest BCUT2D eigenvalue weighted by Gasteiger charge is -2.19. The lowest BCUT2D eigenvalue weighted by Crippen LogP contribution is -2.08. The fourth-order valence-electron chi connectivity index (χ4n) is 7.82. The summed E-state index contributed by atoms with van der Waals surface area (Å²) in [4.78, 5) is 47.3. The molecular formula is C66H88O16. The maximum Gasteiger partial charge on any atom is 0.336 e. The fraction of sp³-hybridized carbons (Fsp3) is 0.455. The summed E-state index contributed by atoms with van der Waals surface area (Å²) in [6.07, 6.45) is 26.0. The average Bonchev–Trinajstić information content (AvgIpc) is 3.50. The van der Waals surface area contributed by atoms with E-state index in [0.29, 0.717) is 162 Å². The highest BCUT2D eigenvalue weighted by Crippen LogP contribution is 2.43. The number of benzene rings is 4. The molecule has 0 aliphatic heterocycles. The smallest absolute Gasteiger partial charge is 0.336 e. The summed E-state index contributed by atoms with van der Waals surface area (Å²) in [5.74, 6) is 2.39. The quantitative estimate of drug-likeness (QED) is 0.00599. The van der Waals surface area contributed by atoms with Crippen molar-refractivity contribution < 1.29 is 76.5 Å². The maximum absolute atomic E-state index is 13.4. The number of hydrogen-bond donors (Lipinski definition) is 0. The van der Waals surface area contributed by atoms with Gasteiger partial charge in [-0.3, -0.25) is 0 Å². The standard InChI is InChI=1S/C66H88O16/c1-7-13-15-17-45-73-63-53(29-35-59(71-43-21-19-41-69-11-5)65(63)75-47-22-20-42-70-12-6)31-37-61(67)81-57-33-27-56-52-58(34-28-55(56)51-57)82-62(68)38-32-54-30-36-60(72-44-23-25-49-79-77-39-9-3)66(64(54)74-46-18-16-14-8-2)76-48-24-26-50-80-78-40-10-4/h9-12,27-38,51-52H,3-8,13-26,39-50H2,1-2H3. The van der Waals surface area contributed by atoms with Crippen LogP contribution in [0.4, 0.5) is 0 Å². The molecular weight excluding hydrogens is 1050 g/mol. The Morgan fingerprint density at radius 1 is 0.390 bits per heavy atom. The second kappa shape index (κ2) is 43.5. The molecule has 82 heavy (non-hydrogen) atoms. The first kappa shape index (κ1) is 67.3. The first-order chi connectivity index (χ1) is 40.3. The highest BCUT2D eigenvalue weighted by Gasteiger charge is 2.20. The number of hydrogen-bond acceptors (Lipinski definition) is 16. The van der Waals surface area contributed by atoms with Crippen molar-refractivity contribution in [2.24, 2.45) is 0 Å². The largest absolute Gasteiger partial charge is 0.502 e. The first-order valence-corrected chi connectivity index (χ1v) is 29.0. The number of esters is 2. The van der Waals surface area contributed by atoms with Gasteiger partial charge in [0.05, 0.1) is 78.6 Å². The predicted octanol–water partition coefficient (Wildman–Crippen LogP) is 15.2. The molecule has 0 bridgehead atoms. The summed E-state index contributed by atoms with van der Waals surface area (Å²) in [6.45, 7) is 23.8. The highest BCUT2D eigenvalue weighted by atomic mass is 17.2. The van der Waals surface area contributed by atoms with E-state index in [9.17, 15) is 9.59 Å². The van der Waals surface area contributed by atoms with Gasteiger partial charge < -0.3 is 47.4 Å². The van der Waals surface area contributed by atoms with Gasteiger partial charge in [0.2, 0.25) is 11.5 Å². The van der Waals surface area contributed by atoms with Crippen LogP contribution in [0.5, 0.6) is 46.0 Å². The number of carbonyl (C=O) groups excluding carboxylic acids is 2. The van der Waals surface area contributed by atoms with Crippen LogP contribution in [0.15, 0.2) is 124 Å². The molecule has 16 heteroatoms. The van der Waals surface area contributed by atoms with E-state index in [1.165, 1.54) is 24.7 Å². The van der Waals surface area contributed by atoms with Crippen molar-refractivity contribution in [3.8, 4) is 46.0 Å². The molecule has 0 aromatic heterocycles. The Balaban J connectivity index is 1.49. The molecule has 0 saturated carbocycles. The van der Waals surface area contributed by atoms with Crippen LogP contribution in [0.3, 0.4) is 0 Å². The van der Waals surface area contributed by atoms with Crippen LogP contribution >= 0.6 is 0 Å². The minimum absolute atomic E-state index is 0.302. The number of rotatable bonds is 50. The van der Waals surface area contributed by atoms with E-state index < -0.39 is 11.9 Å². The lowest BCUT2D eigenvalue weighted by molar-refractivity contribution is -0.286. The van der Waals surface area contributed by atoms with Gasteiger partial charge in [0.1, 0.15) is 24.7 Å². The van der Waals surface area contributed by atoms with E-state index in [-0.39, 0.29) is 0 Å². The van der Waals surface area contributed by atoms with Crippen LogP contribution in [-0.2, 0) is 38.6 Å². The van der Waals surface area contributed by atoms with Crippen LogP contribution in [0.25, 0.3) is 22.9 Å². The van der Waals surface area contributed by atoms with E-state index in [4.69, 9.17) is 66.9 Å². The van der Waals surface area contributed by atoms with Crippen molar-refractivity contribution in [2.45, 2.75) is 117 Å². The SMILES string of the molecule is C=CCOOCCCCOc1ccc(C=CC(=O)Oc2ccc3cc(OC(=O)C=Cc4ccc(OCCCCOC=C)c(OCCCCOC=C)c4OCCCCCC)ccc3c2)c(OCCCCCC)c1OCCCCOOCC=C. The van der Waals surface area contributed by atoms with Gasteiger partial charge >= 0.3 is 11.9 Å². The molecule has 448 valence electrons. The van der Waals surface area contributed by atoms with Crippen LogP contribution < -0.4 is 37.9 Å². The summed E-state index contributed by atoms with van der Waals surface area (Å²) in [5, 5.41) is 1.53. The van der Waals surface area contributed by atoms with E-state index in [0.717, 1.165) is 87.8 Å². The Kier molecular flexibility index (Phi) is 35.7. The first-order valence-electron chi connectivity index (χ1n) is 29.0. The normalized spacial score (nSPS) is 11.1. The summed E-state index contributed by atoms with van der Waals surface area (Å²) in [6, 6.07) is 17.8. The van der Waals surface area contributed by atoms with E-state index in [1.807, 2.05) is 24.3 Å². The number of ether oxygens (including phenoxy) is 10. The Bertz CT molecular complexity index is 2540. The molecule has 0 unspecified atom stereocenters. The molecule has 0 heterocycles. The molecule has 0 aliphatic carbocycles. The van der Waals surface area contributed by atoms with E-state index in [2.05, 4.69) is 40.2 Å². The van der Waals surface area contributed by atoms with Crippen LogP contribution in [0.2, 0.25) is 0 Å². The predicted molar refractivity (Wildman–Crippen MR) is 321 cm³/mol. The topological polar surface area (TPSA) is 163 Å². The second-order valence-corrected chi connectivity index (χ2v) is 18.7. The molecule has 0 aliphatic rings. The van der Waals surface area contributed by atoms with Crippen molar-refractivity contribution in [1.82, 2.24) is 0 Å². The molecule has 0 radical (unpaired) electrons. The van der Waals surface area contributed by atoms with Gasteiger partial charge in [-0.1, -0.05) is 89.8 Å². The van der Waals surface area contributed by atoms with Gasteiger partial charge in [-0.15, -0.1) is 13.2 Å². The monoisotopic (exact) mass is 1140 g/mol. The van der Waals surface area contributed by atoms with Crippen molar-refractivity contribution in [2.75, 3.05) is 79.3 Å². The van der Waals surface area contributed by atoms with Gasteiger partial charge in [0.25, 0.3) is 0 Å². The Hall–Kier alpha value is -7.24. The number of fused-ring (bicyclic) bond motifs is 1. The second-order valence-electron chi connectivity index (χ2n) is 18.7. The zero-order valence-electron chi connectivity index (χ0n) is 48.6. The van der Waals surface area contributed by atoms with Gasteiger partial charge in [0.15, 0.2) is 23.0 Å². The van der Waals surface area contributed by atoms with Crippen molar-refractivity contribution in [3.05, 3.63) is 135 Å². The molecule has 4 rings (SSSR count). The Labute approximate surface area is 486 Å². The number of carbonyl (C=O) groups is 2. The summed E-state index contributed by atoms with van der Waals surface area (Å²) in [5.41, 5.74) is 1.25. The molecule has 0 N–H and O–H groups in total. The Morgan fingerprint density at radius 3 is 1.15 bits per heavy atom. The van der Waals surface area contributed by atoms with Crippen LogP contribution in [0, 0.1) is 0 Å². The third kappa shape index (κ3) is 27.5. The lowest BCUT2D eigenvalue weighted by atomic mass is 10.1. The average molecular weight is 1140 g/mol. The van der Waals surface area contributed by atoms with Gasteiger partial charge in [-0.2, -0.15) is 0 Å². The highest BCUT2D eigenvalue weighted by molar-refractivity contribution is 5.93. The van der Waals surface area contributed by atoms with Gasteiger partial charge in [-0.25, -0.2) is 29.1 Å². The fourth-order valence-corrected chi connectivity index (χ4v) is 7.82. The molecule has 0 atom stereocenters. The summed E-state index contributed by atoms with van der Waals surface area (Å²) in [7, 11) is 0. The minimum atomic E-state index is -0.600. The molecule has 0 amide bonds. The molecule has 0 saturated heterocycles. The van der Waals surface area contributed by atoms with Crippen molar-refractivity contribution in [3.63, 3.8) is 0 Å². The van der Waals surface area contributed by atoms with Crippen molar-refractivity contribution >= 4 is 34.9 Å². The zero-order valence-corrected chi connectivity index (χ0v) is 48.6. The number of unbranched alkanes of at least 4 members (excludes halogenated alkanes) is 10. The molecule has 0 spiro atoms. The third-order valence-electron chi connectivity index (χ3n) is 12.1. The summed E-state index contributed by atoms with van der Waals surface area (Å²) < 4.78 is 60.3.